The zero-order valence-corrected chi connectivity index (χ0v) is 16.5. The van der Waals surface area contributed by atoms with Crippen LogP contribution in [0.1, 0.15) is 17.4 Å². The molecule has 1 unspecified atom stereocenters. The van der Waals surface area contributed by atoms with E-state index in [4.69, 9.17) is 14.0 Å². The molecule has 0 radical (unpaired) electrons. The third kappa shape index (κ3) is 5.43. The van der Waals surface area contributed by atoms with Gasteiger partial charge in [0.25, 0.3) is 5.91 Å². The first-order valence-electron chi connectivity index (χ1n) is 8.38. The maximum atomic E-state index is 12.7. The van der Waals surface area contributed by atoms with Crippen LogP contribution in [0, 0.1) is 6.92 Å². The summed E-state index contributed by atoms with van der Waals surface area (Å²) in [6.45, 7) is 1.37. The van der Waals surface area contributed by atoms with Crippen molar-refractivity contribution in [3.63, 3.8) is 0 Å². The van der Waals surface area contributed by atoms with Crippen molar-refractivity contribution in [2.45, 2.75) is 13.0 Å². The second-order valence-corrected chi connectivity index (χ2v) is 6.75. The number of aryl methyl sites for hydroxylation is 1. The van der Waals surface area contributed by atoms with E-state index in [1.54, 1.807) is 67.6 Å². The maximum Gasteiger partial charge on any atom is 0.345 e. The van der Waals surface area contributed by atoms with Crippen LogP contribution in [0.2, 0.25) is 0 Å². The van der Waals surface area contributed by atoms with Crippen molar-refractivity contribution in [2.24, 2.45) is 0 Å². The van der Waals surface area contributed by atoms with Crippen LogP contribution in [0.25, 0.3) is 0 Å². The molecule has 0 aliphatic rings. The van der Waals surface area contributed by atoms with E-state index in [0.717, 1.165) is 4.47 Å². The standard InChI is InChI=1S/C20H17BrN2O5/c1-13-11-17(23-28-13)22-20(25)19(14-5-3-2-4-6-14)27-18(24)12-26-16-9-7-15(21)8-10-16/h2-11,19H,12H2,1H3,(H,22,23,25). The van der Waals surface area contributed by atoms with E-state index in [9.17, 15) is 9.59 Å². The van der Waals surface area contributed by atoms with E-state index >= 15 is 0 Å². The first-order valence-corrected chi connectivity index (χ1v) is 9.17. The van der Waals surface area contributed by atoms with Crippen molar-refractivity contribution in [1.82, 2.24) is 5.16 Å². The first-order chi connectivity index (χ1) is 13.5. The number of halogens is 1. The van der Waals surface area contributed by atoms with Crippen LogP contribution in [0.3, 0.4) is 0 Å². The van der Waals surface area contributed by atoms with Crippen molar-refractivity contribution < 1.29 is 23.6 Å². The quantitative estimate of drug-likeness (QED) is 0.552. The van der Waals surface area contributed by atoms with Crippen molar-refractivity contribution in [3.8, 4) is 5.75 Å². The number of carbonyl (C=O) groups excluding carboxylic acids is 2. The Bertz CT molecular complexity index is 941. The van der Waals surface area contributed by atoms with Gasteiger partial charge in [-0.25, -0.2) is 4.79 Å². The largest absolute Gasteiger partial charge is 0.482 e. The summed E-state index contributed by atoms with van der Waals surface area (Å²) in [5.41, 5.74) is 0.525. The lowest BCUT2D eigenvalue weighted by Gasteiger charge is -2.17. The summed E-state index contributed by atoms with van der Waals surface area (Å²) in [6, 6.07) is 17.3. The SMILES string of the molecule is Cc1cc(NC(=O)C(OC(=O)COc2ccc(Br)cc2)c2ccccc2)no1. The fourth-order valence-corrected chi connectivity index (χ4v) is 2.62. The monoisotopic (exact) mass is 444 g/mol. The Hall–Kier alpha value is -3.13. The smallest absolute Gasteiger partial charge is 0.345 e. The molecule has 8 heteroatoms. The number of hydrogen-bond donors (Lipinski definition) is 1. The molecular weight excluding hydrogens is 428 g/mol. The Balaban J connectivity index is 1.67. The summed E-state index contributed by atoms with van der Waals surface area (Å²) in [4.78, 5) is 24.9. The number of hydrogen-bond acceptors (Lipinski definition) is 6. The highest BCUT2D eigenvalue weighted by molar-refractivity contribution is 9.10. The molecule has 0 bridgehead atoms. The van der Waals surface area contributed by atoms with Crippen LogP contribution in [0.15, 0.2) is 69.7 Å². The summed E-state index contributed by atoms with van der Waals surface area (Å²) < 4.78 is 16.6. The van der Waals surface area contributed by atoms with Crippen LogP contribution in [-0.4, -0.2) is 23.6 Å². The van der Waals surface area contributed by atoms with Crippen LogP contribution in [0.4, 0.5) is 5.82 Å². The van der Waals surface area contributed by atoms with Gasteiger partial charge < -0.3 is 19.3 Å². The number of nitrogens with one attached hydrogen (secondary N) is 1. The molecule has 0 aliphatic carbocycles. The molecule has 0 fully saturated rings. The van der Waals surface area contributed by atoms with E-state index in [2.05, 4.69) is 26.4 Å². The van der Waals surface area contributed by atoms with Gasteiger partial charge in [0.05, 0.1) is 0 Å². The van der Waals surface area contributed by atoms with Gasteiger partial charge in [-0.1, -0.05) is 51.4 Å². The summed E-state index contributed by atoms with van der Waals surface area (Å²) in [7, 11) is 0. The van der Waals surface area contributed by atoms with E-state index in [1.165, 1.54) is 0 Å². The van der Waals surface area contributed by atoms with E-state index in [1.807, 2.05) is 0 Å². The van der Waals surface area contributed by atoms with Gasteiger partial charge in [0.1, 0.15) is 11.5 Å². The van der Waals surface area contributed by atoms with Gasteiger partial charge in [-0.2, -0.15) is 0 Å². The van der Waals surface area contributed by atoms with Crippen molar-refractivity contribution >= 4 is 33.6 Å². The van der Waals surface area contributed by atoms with Crippen molar-refractivity contribution in [3.05, 3.63) is 76.5 Å². The second kappa shape index (κ2) is 9.18. The Morgan fingerprint density at radius 1 is 1.14 bits per heavy atom. The normalized spacial score (nSPS) is 11.5. The molecule has 1 amide bonds. The minimum atomic E-state index is -1.15. The molecule has 0 saturated heterocycles. The number of carbonyl (C=O) groups is 2. The fraction of sp³-hybridized carbons (Fsp3) is 0.150. The molecule has 0 saturated carbocycles. The van der Waals surface area contributed by atoms with Crippen LogP contribution >= 0.6 is 15.9 Å². The Morgan fingerprint density at radius 3 is 2.50 bits per heavy atom. The number of rotatable bonds is 7. The average molecular weight is 445 g/mol. The van der Waals surface area contributed by atoms with E-state index < -0.39 is 18.0 Å². The Labute approximate surface area is 169 Å². The molecule has 3 rings (SSSR count). The molecule has 2 aromatic carbocycles. The highest BCUT2D eigenvalue weighted by Gasteiger charge is 2.26. The third-order valence-corrected chi connectivity index (χ3v) is 4.17. The molecule has 1 aromatic heterocycles. The zero-order valence-electron chi connectivity index (χ0n) is 14.9. The predicted molar refractivity (Wildman–Crippen MR) is 105 cm³/mol. The first kappa shape index (κ1) is 19.6. The summed E-state index contributed by atoms with van der Waals surface area (Å²) in [5.74, 6) is 0.0794. The topological polar surface area (TPSA) is 90.7 Å². The minimum absolute atomic E-state index is 0.241. The van der Waals surface area contributed by atoms with Crippen LogP contribution < -0.4 is 10.1 Å². The lowest BCUT2D eigenvalue weighted by Crippen LogP contribution is -2.28. The molecular formula is C20H17BrN2O5. The highest BCUT2D eigenvalue weighted by atomic mass is 79.9. The highest BCUT2D eigenvalue weighted by Crippen LogP contribution is 2.21. The van der Waals surface area contributed by atoms with Gasteiger partial charge in [-0.05, 0) is 31.2 Å². The molecule has 144 valence electrons. The summed E-state index contributed by atoms with van der Waals surface area (Å²) >= 11 is 3.33. The van der Waals surface area contributed by atoms with E-state index in [-0.39, 0.29) is 12.4 Å². The Morgan fingerprint density at radius 2 is 1.86 bits per heavy atom. The van der Waals surface area contributed by atoms with Gasteiger partial charge in [0.2, 0.25) is 6.10 Å². The minimum Gasteiger partial charge on any atom is -0.482 e. The molecule has 1 N–H and O–H groups in total. The maximum absolute atomic E-state index is 12.7. The van der Waals surface area contributed by atoms with Gasteiger partial charge in [-0.3, -0.25) is 4.79 Å². The number of aromatic nitrogens is 1. The fourth-order valence-electron chi connectivity index (χ4n) is 2.36. The summed E-state index contributed by atoms with van der Waals surface area (Å²) in [5, 5.41) is 6.30. The summed E-state index contributed by atoms with van der Waals surface area (Å²) in [6.07, 6.45) is -1.15. The zero-order chi connectivity index (χ0) is 19.9. The molecule has 0 aliphatic heterocycles. The number of esters is 1. The van der Waals surface area contributed by atoms with Gasteiger partial charge in [-0.15, -0.1) is 0 Å². The van der Waals surface area contributed by atoms with E-state index in [0.29, 0.717) is 17.1 Å². The van der Waals surface area contributed by atoms with Crippen LogP contribution in [0.5, 0.6) is 5.75 Å². The average Bonchev–Trinajstić information content (AvgIpc) is 3.11. The van der Waals surface area contributed by atoms with Crippen molar-refractivity contribution in [2.75, 3.05) is 11.9 Å². The van der Waals surface area contributed by atoms with Gasteiger partial charge in [0, 0.05) is 16.1 Å². The molecule has 28 heavy (non-hydrogen) atoms. The molecule has 7 nitrogen and oxygen atoms in total. The van der Waals surface area contributed by atoms with Gasteiger partial charge >= 0.3 is 5.97 Å². The Kier molecular flexibility index (Phi) is 6.44. The third-order valence-electron chi connectivity index (χ3n) is 3.64. The number of anilines is 1. The van der Waals surface area contributed by atoms with Crippen LogP contribution in [-0.2, 0) is 14.3 Å². The molecule has 3 aromatic rings. The molecule has 1 atom stereocenters. The van der Waals surface area contributed by atoms with Crippen molar-refractivity contribution in [1.29, 1.82) is 0 Å². The molecule has 0 spiro atoms. The van der Waals surface area contributed by atoms with Gasteiger partial charge in [0.15, 0.2) is 12.4 Å². The number of ether oxygens (including phenoxy) is 2. The lowest BCUT2D eigenvalue weighted by atomic mass is 10.1. The number of nitrogens with zero attached hydrogens (tertiary/aromatic N) is 1. The lowest BCUT2D eigenvalue weighted by molar-refractivity contribution is -0.156. The number of benzene rings is 2. The predicted octanol–water partition coefficient (Wildman–Crippen LogP) is 4.05. The molecule has 1 heterocycles. The number of amides is 1. The second-order valence-electron chi connectivity index (χ2n) is 5.84.